The third-order valence-electron chi connectivity index (χ3n) is 3.08. The summed E-state index contributed by atoms with van der Waals surface area (Å²) < 4.78 is 13.2. The molecule has 0 N–H and O–H groups in total. The van der Waals surface area contributed by atoms with Crippen LogP contribution in [0.2, 0.25) is 0 Å². The van der Waals surface area contributed by atoms with Crippen LogP contribution in [0.15, 0.2) is 60.0 Å². The largest absolute Gasteiger partial charge is 0.235 e. The van der Waals surface area contributed by atoms with E-state index in [-0.39, 0.29) is 5.82 Å². The summed E-state index contributed by atoms with van der Waals surface area (Å²) >= 11 is 1.40. The standard InChI is InChI=1S/C18H11FN2S/c19-16-8-4-5-13(10-16)9-15(11-20)18-21-17(12-22-18)14-6-2-1-3-7-14/h1-10,12H/b15-9-. The van der Waals surface area contributed by atoms with Crippen LogP contribution in [0, 0.1) is 17.1 Å². The Morgan fingerprint density at radius 2 is 1.95 bits per heavy atom. The SMILES string of the molecule is N#C/C(=C/c1cccc(F)c1)c1nc(-c2ccccc2)cs1. The van der Waals surface area contributed by atoms with Gasteiger partial charge in [-0.3, -0.25) is 0 Å². The summed E-state index contributed by atoms with van der Waals surface area (Å²) in [7, 11) is 0. The number of rotatable bonds is 3. The highest BCUT2D eigenvalue weighted by atomic mass is 32.1. The molecule has 0 saturated carbocycles. The third-order valence-corrected chi connectivity index (χ3v) is 3.96. The van der Waals surface area contributed by atoms with Gasteiger partial charge in [-0.2, -0.15) is 5.26 Å². The highest BCUT2D eigenvalue weighted by Gasteiger charge is 2.09. The Bertz CT molecular complexity index is 860. The predicted octanol–water partition coefficient (Wildman–Crippen LogP) is 5.01. The summed E-state index contributed by atoms with van der Waals surface area (Å²) in [6.45, 7) is 0. The average Bonchev–Trinajstić information content (AvgIpc) is 3.03. The molecule has 1 heterocycles. The van der Waals surface area contributed by atoms with Crippen LogP contribution < -0.4 is 0 Å². The van der Waals surface area contributed by atoms with Crippen molar-refractivity contribution in [3.05, 3.63) is 76.4 Å². The summed E-state index contributed by atoms with van der Waals surface area (Å²) in [6, 6.07) is 18.1. The van der Waals surface area contributed by atoms with Gasteiger partial charge in [-0.15, -0.1) is 11.3 Å². The zero-order chi connectivity index (χ0) is 15.4. The maximum atomic E-state index is 13.2. The second-order valence-electron chi connectivity index (χ2n) is 4.63. The highest BCUT2D eigenvalue weighted by molar-refractivity contribution is 7.11. The molecule has 0 aliphatic heterocycles. The van der Waals surface area contributed by atoms with Crippen LogP contribution in [-0.2, 0) is 0 Å². The second kappa shape index (κ2) is 6.33. The van der Waals surface area contributed by atoms with Crippen molar-refractivity contribution in [3.8, 4) is 17.3 Å². The Balaban J connectivity index is 1.96. The van der Waals surface area contributed by atoms with E-state index in [4.69, 9.17) is 0 Å². The number of nitriles is 1. The van der Waals surface area contributed by atoms with Crippen molar-refractivity contribution in [1.82, 2.24) is 4.98 Å². The Kier molecular flexibility index (Phi) is 4.08. The molecule has 2 aromatic carbocycles. The molecule has 1 aromatic heterocycles. The van der Waals surface area contributed by atoms with Crippen LogP contribution in [-0.4, -0.2) is 4.98 Å². The molecule has 4 heteroatoms. The minimum absolute atomic E-state index is 0.324. The first-order valence-corrected chi connectivity index (χ1v) is 7.53. The zero-order valence-corrected chi connectivity index (χ0v) is 12.3. The second-order valence-corrected chi connectivity index (χ2v) is 5.49. The molecule has 3 rings (SSSR count). The van der Waals surface area contributed by atoms with Gasteiger partial charge in [0.1, 0.15) is 16.9 Å². The molecule has 3 aromatic rings. The number of hydrogen-bond donors (Lipinski definition) is 0. The molecule has 0 fully saturated rings. The number of halogens is 1. The van der Waals surface area contributed by atoms with Gasteiger partial charge in [0, 0.05) is 10.9 Å². The number of aromatic nitrogens is 1. The Hall–Kier alpha value is -2.77. The lowest BCUT2D eigenvalue weighted by atomic mass is 10.1. The average molecular weight is 306 g/mol. The number of benzene rings is 2. The summed E-state index contributed by atoms with van der Waals surface area (Å²) in [5, 5.41) is 11.9. The third kappa shape index (κ3) is 3.11. The van der Waals surface area contributed by atoms with Gasteiger partial charge in [0.2, 0.25) is 0 Å². The molecular formula is C18H11FN2S. The van der Waals surface area contributed by atoms with Crippen molar-refractivity contribution in [2.24, 2.45) is 0 Å². The van der Waals surface area contributed by atoms with Gasteiger partial charge in [-0.25, -0.2) is 9.37 Å². The van der Waals surface area contributed by atoms with Crippen LogP contribution in [0.5, 0.6) is 0 Å². The predicted molar refractivity (Wildman–Crippen MR) is 87.4 cm³/mol. The molecule has 0 aliphatic rings. The zero-order valence-electron chi connectivity index (χ0n) is 11.5. The first kappa shape index (κ1) is 14.2. The van der Waals surface area contributed by atoms with Gasteiger partial charge in [-0.1, -0.05) is 42.5 Å². The normalized spacial score (nSPS) is 11.2. The molecule has 0 amide bonds. The van der Waals surface area contributed by atoms with E-state index in [2.05, 4.69) is 11.1 Å². The van der Waals surface area contributed by atoms with Crippen molar-refractivity contribution >= 4 is 23.0 Å². The van der Waals surface area contributed by atoms with Crippen molar-refractivity contribution in [3.63, 3.8) is 0 Å². The molecule has 0 aliphatic carbocycles. The summed E-state index contributed by atoms with van der Waals surface area (Å²) in [5.74, 6) is -0.324. The maximum absolute atomic E-state index is 13.2. The van der Waals surface area contributed by atoms with Crippen molar-refractivity contribution in [2.75, 3.05) is 0 Å². The van der Waals surface area contributed by atoms with E-state index in [1.54, 1.807) is 18.2 Å². The molecule has 106 valence electrons. The molecular weight excluding hydrogens is 295 g/mol. The quantitative estimate of drug-likeness (QED) is 0.637. The molecule has 22 heavy (non-hydrogen) atoms. The van der Waals surface area contributed by atoms with Gasteiger partial charge in [0.15, 0.2) is 0 Å². The van der Waals surface area contributed by atoms with Gasteiger partial charge < -0.3 is 0 Å². The fourth-order valence-electron chi connectivity index (χ4n) is 2.04. The Morgan fingerprint density at radius 1 is 1.14 bits per heavy atom. The van der Waals surface area contributed by atoms with Crippen LogP contribution >= 0.6 is 11.3 Å². The fourth-order valence-corrected chi connectivity index (χ4v) is 2.84. The van der Waals surface area contributed by atoms with E-state index in [1.165, 1.54) is 23.5 Å². The van der Waals surface area contributed by atoms with Gasteiger partial charge in [0.05, 0.1) is 11.3 Å². The van der Waals surface area contributed by atoms with E-state index >= 15 is 0 Å². The van der Waals surface area contributed by atoms with Gasteiger partial charge in [0.25, 0.3) is 0 Å². The highest BCUT2D eigenvalue weighted by Crippen LogP contribution is 2.27. The van der Waals surface area contributed by atoms with Crippen molar-refractivity contribution < 1.29 is 4.39 Å². The van der Waals surface area contributed by atoms with Crippen molar-refractivity contribution in [1.29, 1.82) is 5.26 Å². The lowest BCUT2D eigenvalue weighted by Crippen LogP contribution is -1.83. The van der Waals surface area contributed by atoms with Crippen LogP contribution in [0.3, 0.4) is 0 Å². The first-order chi connectivity index (χ1) is 10.8. The van der Waals surface area contributed by atoms with E-state index < -0.39 is 0 Å². The summed E-state index contributed by atoms with van der Waals surface area (Å²) in [6.07, 6.45) is 1.65. The van der Waals surface area contributed by atoms with E-state index in [0.717, 1.165) is 11.3 Å². The number of thiazole rings is 1. The molecule has 0 atom stereocenters. The topological polar surface area (TPSA) is 36.7 Å². The summed E-state index contributed by atoms with van der Waals surface area (Å²) in [5.41, 5.74) is 2.92. The molecule has 0 spiro atoms. The number of hydrogen-bond acceptors (Lipinski definition) is 3. The molecule has 0 saturated heterocycles. The monoisotopic (exact) mass is 306 g/mol. The van der Waals surface area contributed by atoms with E-state index in [9.17, 15) is 9.65 Å². The molecule has 0 unspecified atom stereocenters. The minimum atomic E-state index is -0.324. The Labute approximate surface area is 131 Å². The molecule has 0 radical (unpaired) electrons. The molecule has 0 bridgehead atoms. The van der Waals surface area contributed by atoms with E-state index in [1.807, 2.05) is 35.7 Å². The first-order valence-electron chi connectivity index (χ1n) is 6.65. The number of allylic oxidation sites excluding steroid dienone is 1. The smallest absolute Gasteiger partial charge is 0.134 e. The van der Waals surface area contributed by atoms with Crippen LogP contribution in [0.1, 0.15) is 10.6 Å². The van der Waals surface area contributed by atoms with Crippen LogP contribution in [0.4, 0.5) is 4.39 Å². The van der Waals surface area contributed by atoms with Gasteiger partial charge >= 0.3 is 0 Å². The summed E-state index contributed by atoms with van der Waals surface area (Å²) in [4.78, 5) is 4.50. The lowest BCUT2D eigenvalue weighted by molar-refractivity contribution is 0.627. The van der Waals surface area contributed by atoms with E-state index in [0.29, 0.717) is 16.1 Å². The van der Waals surface area contributed by atoms with Gasteiger partial charge in [-0.05, 0) is 23.8 Å². The lowest BCUT2D eigenvalue weighted by Gasteiger charge is -1.97. The minimum Gasteiger partial charge on any atom is -0.235 e. The number of nitrogens with zero attached hydrogens (tertiary/aromatic N) is 2. The van der Waals surface area contributed by atoms with Crippen LogP contribution in [0.25, 0.3) is 22.9 Å². The fraction of sp³-hybridized carbons (Fsp3) is 0. The molecule has 2 nitrogen and oxygen atoms in total. The maximum Gasteiger partial charge on any atom is 0.134 e. The Morgan fingerprint density at radius 3 is 2.68 bits per heavy atom. The van der Waals surface area contributed by atoms with Crippen molar-refractivity contribution in [2.45, 2.75) is 0 Å².